The molecule has 0 amide bonds. The van der Waals surface area contributed by atoms with Crippen LogP contribution in [0.4, 0.5) is 4.39 Å². The molecule has 2 heteroatoms. The molecule has 0 saturated carbocycles. The zero-order valence-corrected chi connectivity index (χ0v) is 9.01. The van der Waals surface area contributed by atoms with Gasteiger partial charge >= 0.3 is 0 Å². The van der Waals surface area contributed by atoms with Crippen molar-refractivity contribution in [2.75, 3.05) is 13.2 Å². The summed E-state index contributed by atoms with van der Waals surface area (Å²) in [6, 6.07) is 9.18. The van der Waals surface area contributed by atoms with Crippen LogP contribution < -0.4 is 5.32 Å². The van der Waals surface area contributed by atoms with Crippen molar-refractivity contribution >= 4 is 0 Å². The highest BCUT2D eigenvalue weighted by Gasteiger charge is 2.16. The highest BCUT2D eigenvalue weighted by molar-refractivity contribution is 5.30. The predicted octanol–water partition coefficient (Wildman–Crippen LogP) is 2.49. The monoisotopic (exact) mass is 207 g/mol. The summed E-state index contributed by atoms with van der Waals surface area (Å²) in [5.41, 5.74) is 2.95. The van der Waals surface area contributed by atoms with Crippen LogP contribution in [0.1, 0.15) is 24.0 Å². The highest BCUT2D eigenvalue weighted by atomic mass is 19.1. The van der Waals surface area contributed by atoms with Gasteiger partial charge in [-0.15, -0.1) is 0 Å². The third-order valence-corrected chi connectivity index (χ3v) is 3.09. The van der Waals surface area contributed by atoms with E-state index in [2.05, 4.69) is 29.6 Å². The quantitative estimate of drug-likeness (QED) is 0.748. The number of rotatable bonds is 4. The average Bonchev–Trinajstić information content (AvgIpc) is 2.29. The van der Waals surface area contributed by atoms with Crippen molar-refractivity contribution in [3.8, 4) is 0 Å². The maximum absolute atomic E-state index is 11.9. The maximum atomic E-state index is 11.9. The summed E-state index contributed by atoms with van der Waals surface area (Å²) in [5, 5.41) is 3.42. The first-order valence-electron chi connectivity index (χ1n) is 5.76. The van der Waals surface area contributed by atoms with Gasteiger partial charge in [-0.05, 0) is 43.4 Å². The zero-order valence-electron chi connectivity index (χ0n) is 9.01. The van der Waals surface area contributed by atoms with Gasteiger partial charge < -0.3 is 5.32 Å². The molecule has 0 fully saturated rings. The summed E-state index contributed by atoms with van der Waals surface area (Å²) in [4.78, 5) is 0. The summed E-state index contributed by atoms with van der Waals surface area (Å²) < 4.78 is 11.9. The van der Waals surface area contributed by atoms with Gasteiger partial charge in [0.1, 0.15) is 0 Å². The van der Waals surface area contributed by atoms with Crippen molar-refractivity contribution in [2.24, 2.45) is 0 Å². The molecule has 1 nitrogen and oxygen atoms in total. The minimum absolute atomic E-state index is 0.212. The first-order chi connectivity index (χ1) is 7.40. The number of fused-ring (bicyclic) bond motifs is 1. The Morgan fingerprint density at radius 1 is 1.27 bits per heavy atom. The van der Waals surface area contributed by atoms with E-state index in [0.717, 1.165) is 19.4 Å². The van der Waals surface area contributed by atoms with Crippen molar-refractivity contribution in [1.29, 1.82) is 0 Å². The van der Waals surface area contributed by atoms with Gasteiger partial charge in [-0.25, -0.2) is 0 Å². The van der Waals surface area contributed by atoms with E-state index < -0.39 is 0 Å². The molecule has 0 aliphatic heterocycles. The van der Waals surface area contributed by atoms with Crippen molar-refractivity contribution in [3.05, 3.63) is 35.4 Å². The van der Waals surface area contributed by atoms with Crippen LogP contribution in [0.2, 0.25) is 0 Å². The minimum Gasteiger partial charge on any atom is -0.314 e. The van der Waals surface area contributed by atoms with E-state index in [1.165, 1.54) is 17.5 Å². The molecule has 0 aromatic heterocycles. The Labute approximate surface area is 90.7 Å². The SMILES string of the molecule is FCCCNC1CCc2ccccc2C1. The molecule has 0 saturated heterocycles. The van der Waals surface area contributed by atoms with Gasteiger partial charge in [0.05, 0.1) is 6.67 Å². The van der Waals surface area contributed by atoms with Gasteiger partial charge in [0, 0.05) is 6.04 Å². The van der Waals surface area contributed by atoms with Crippen LogP contribution >= 0.6 is 0 Å². The Kier molecular flexibility index (Phi) is 3.73. The first-order valence-corrected chi connectivity index (χ1v) is 5.76. The normalized spacial score (nSPS) is 19.9. The summed E-state index contributed by atoms with van der Waals surface area (Å²) in [7, 11) is 0. The van der Waals surface area contributed by atoms with E-state index in [-0.39, 0.29) is 6.67 Å². The number of aryl methyl sites for hydroxylation is 1. The van der Waals surface area contributed by atoms with Crippen LogP contribution in [0.3, 0.4) is 0 Å². The van der Waals surface area contributed by atoms with Crippen LogP contribution in [0.15, 0.2) is 24.3 Å². The second kappa shape index (κ2) is 5.26. The molecule has 0 radical (unpaired) electrons. The summed E-state index contributed by atoms with van der Waals surface area (Å²) in [6.45, 7) is 0.597. The summed E-state index contributed by atoms with van der Waals surface area (Å²) >= 11 is 0. The Bertz CT molecular complexity index is 311. The molecule has 0 spiro atoms. The highest BCUT2D eigenvalue weighted by Crippen LogP contribution is 2.20. The topological polar surface area (TPSA) is 12.0 Å². The van der Waals surface area contributed by atoms with E-state index in [1.54, 1.807) is 0 Å². The fourth-order valence-electron chi connectivity index (χ4n) is 2.25. The Morgan fingerprint density at radius 3 is 2.87 bits per heavy atom. The van der Waals surface area contributed by atoms with Crippen molar-refractivity contribution < 1.29 is 4.39 Å². The lowest BCUT2D eigenvalue weighted by Crippen LogP contribution is -2.35. The van der Waals surface area contributed by atoms with Crippen molar-refractivity contribution in [3.63, 3.8) is 0 Å². The molecule has 1 unspecified atom stereocenters. The summed E-state index contributed by atoms with van der Waals surface area (Å²) in [5.74, 6) is 0. The lowest BCUT2D eigenvalue weighted by atomic mass is 9.88. The van der Waals surface area contributed by atoms with E-state index in [1.807, 2.05) is 0 Å². The molecule has 1 N–H and O–H groups in total. The molecular weight excluding hydrogens is 189 g/mol. The molecule has 1 aromatic rings. The average molecular weight is 207 g/mol. The largest absolute Gasteiger partial charge is 0.314 e. The molecule has 1 aromatic carbocycles. The van der Waals surface area contributed by atoms with Crippen LogP contribution in [-0.4, -0.2) is 19.3 Å². The van der Waals surface area contributed by atoms with Crippen LogP contribution in [0.5, 0.6) is 0 Å². The molecule has 2 rings (SSSR count). The van der Waals surface area contributed by atoms with E-state index in [0.29, 0.717) is 12.5 Å². The van der Waals surface area contributed by atoms with Gasteiger partial charge in [-0.2, -0.15) is 0 Å². The zero-order chi connectivity index (χ0) is 10.5. The van der Waals surface area contributed by atoms with Crippen LogP contribution in [0, 0.1) is 0 Å². The minimum atomic E-state index is -0.212. The predicted molar refractivity (Wildman–Crippen MR) is 60.8 cm³/mol. The van der Waals surface area contributed by atoms with Crippen LogP contribution in [0.25, 0.3) is 0 Å². The molecule has 0 heterocycles. The standard InChI is InChI=1S/C13H18FN/c14-8-3-9-15-13-7-6-11-4-1-2-5-12(11)10-13/h1-2,4-5,13,15H,3,6-10H2. The van der Waals surface area contributed by atoms with Crippen molar-refractivity contribution in [1.82, 2.24) is 5.32 Å². The number of hydrogen-bond donors (Lipinski definition) is 1. The lowest BCUT2D eigenvalue weighted by Gasteiger charge is -2.25. The van der Waals surface area contributed by atoms with E-state index in [4.69, 9.17) is 0 Å². The smallest absolute Gasteiger partial charge is 0.0906 e. The number of benzene rings is 1. The third-order valence-electron chi connectivity index (χ3n) is 3.09. The molecule has 1 aliphatic carbocycles. The third kappa shape index (κ3) is 2.78. The molecular formula is C13H18FN. The lowest BCUT2D eigenvalue weighted by molar-refractivity contribution is 0.415. The Morgan fingerprint density at radius 2 is 2.07 bits per heavy atom. The number of nitrogens with one attached hydrogen (secondary N) is 1. The van der Waals surface area contributed by atoms with Crippen molar-refractivity contribution in [2.45, 2.75) is 31.7 Å². The van der Waals surface area contributed by atoms with Gasteiger partial charge in [0.2, 0.25) is 0 Å². The number of hydrogen-bond acceptors (Lipinski definition) is 1. The van der Waals surface area contributed by atoms with Crippen LogP contribution in [-0.2, 0) is 12.8 Å². The van der Waals surface area contributed by atoms with Gasteiger partial charge in [-0.1, -0.05) is 24.3 Å². The number of alkyl halides is 1. The molecule has 1 aliphatic rings. The second-order valence-electron chi connectivity index (χ2n) is 4.21. The molecule has 82 valence electrons. The fourth-order valence-corrected chi connectivity index (χ4v) is 2.25. The molecule has 1 atom stereocenters. The summed E-state index contributed by atoms with van der Waals surface area (Å²) in [6.07, 6.45) is 4.08. The van der Waals surface area contributed by atoms with E-state index >= 15 is 0 Å². The first kappa shape index (κ1) is 10.6. The number of halogens is 1. The maximum Gasteiger partial charge on any atom is 0.0906 e. The Balaban J connectivity index is 1.88. The van der Waals surface area contributed by atoms with Gasteiger partial charge in [0.25, 0.3) is 0 Å². The molecule has 15 heavy (non-hydrogen) atoms. The fraction of sp³-hybridized carbons (Fsp3) is 0.538. The second-order valence-corrected chi connectivity index (χ2v) is 4.21. The van der Waals surface area contributed by atoms with E-state index in [9.17, 15) is 4.39 Å². The van der Waals surface area contributed by atoms with Gasteiger partial charge in [-0.3, -0.25) is 4.39 Å². The Hall–Kier alpha value is -0.890. The molecule has 0 bridgehead atoms. The van der Waals surface area contributed by atoms with Gasteiger partial charge in [0.15, 0.2) is 0 Å².